The molecule has 2 aromatic heterocycles. The van der Waals surface area contributed by atoms with Crippen LogP contribution in [-0.2, 0) is 6.42 Å². The average Bonchev–Trinajstić information content (AvgIpc) is 3.26. The minimum atomic E-state index is -0.750. The van der Waals surface area contributed by atoms with Crippen molar-refractivity contribution >= 4 is 17.2 Å². The second-order valence-corrected chi connectivity index (χ2v) is 11.0. The number of hydrogen-bond acceptors (Lipinski definition) is 8. The van der Waals surface area contributed by atoms with Crippen LogP contribution in [0, 0.1) is 23.0 Å². The molecule has 1 N–H and O–H groups in total. The van der Waals surface area contributed by atoms with Gasteiger partial charge in [-0.05, 0) is 36.8 Å². The molecule has 37 heavy (non-hydrogen) atoms. The number of amides is 1. The van der Waals surface area contributed by atoms with Crippen LogP contribution in [0.25, 0.3) is 10.6 Å². The highest BCUT2D eigenvalue weighted by molar-refractivity contribution is 7.14. The van der Waals surface area contributed by atoms with Gasteiger partial charge in [0.05, 0.1) is 19.3 Å². The molecule has 3 heterocycles. The van der Waals surface area contributed by atoms with E-state index in [1.54, 1.807) is 22.8 Å². The fraction of sp³-hybridized carbons (Fsp3) is 0.440. The molecular weight excluding hydrogens is 504 g/mol. The number of aliphatic hydroxyl groups excluding tert-OH is 1. The fourth-order valence-electron chi connectivity index (χ4n) is 6.52. The number of ether oxygens (including phenoxy) is 1. The predicted octanol–water partition coefficient (Wildman–Crippen LogP) is 2.39. The number of rotatable bonds is 5. The first-order valence-electron chi connectivity index (χ1n) is 11.9. The van der Waals surface area contributed by atoms with Crippen molar-refractivity contribution in [1.82, 2.24) is 19.8 Å². The lowest BCUT2D eigenvalue weighted by molar-refractivity contribution is -0.00663. The van der Waals surface area contributed by atoms with Gasteiger partial charge in [-0.2, -0.15) is 0 Å². The lowest BCUT2D eigenvalue weighted by atomic mass is 9.87. The van der Waals surface area contributed by atoms with E-state index >= 15 is 0 Å². The van der Waals surface area contributed by atoms with Crippen LogP contribution in [0.4, 0.5) is 8.78 Å². The number of halogens is 2. The van der Waals surface area contributed by atoms with E-state index in [-0.39, 0.29) is 46.5 Å². The molecule has 0 saturated heterocycles. The maximum absolute atomic E-state index is 14.2. The third kappa shape index (κ3) is 3.08. The Bertz CT molecular complexity index is 1500. The number of pyridine rings is 1. The molecular formula is C25H25F2N5O4S. The average molecular weight is 530 g/mol. The van der Waals surface area contributed by atoms with E-state index < -0.39 is 28.1 Å². The number of fused-ring (bicyclic) bond motifs is 3. The molecule has 2 saturated carbocycles. The molecule has 9 nitrogen and oxygen atoms in total. The Kier molecular flexibility index (Phi) is 5.22. The van der Waals surface area contributed by atoms with Crippen molar-refractivity contribution in [2.24, 2.45) is 11.3 Å². The number of benzene rings is 1. The van der Waals surface area contributed by atoms with E-state index in [4.69, 9.17) is 4.74 Å². The highest BCUT2D eigenvalue weighted by Gasteiger charge is 2.75. The largest absolute Gasteiger partial charge is 0.491 e. The van der Waals surface area contributed by atoms with Gasteiger partial charge in [-0.15, -0.1) is 10.2 Å². The van der Waals surface area contributed by atoms with Crippen molar-refractivity contribution in [2.45, 2.75) is 31.3 Å². The molecule has 3 aromatic rings. The summed E-state index contributed by atoms with van der Waals surface area (Å²) < 4.78 is 34.5. The normalized spacial score (nSPS) is 26.0. The van der Waals surface area contributed by atoms with E-state index in [0.717, 1.165) is 30.2 Å². The summed E-state index contributed by atoms with van der Waals surface area (Å²) in [6.07, 6.45) is 4.05. The molecule has 1 amide bonds. The Balaban J connectivity index is 1.45. The van der Waals surface area contributed by atoms with Gasteiger partial charge in [0.15, 0.2) is 16.5 Å². The van der Waals surface area contributed by atoms with Crippen molar-refractivity contribution in [3.8, 4) is 16.3 Å². The summed E-state index contributed by atoms with van der Waals surface area (Å²) in [5.74, 6) is -1.49. The van der Waals surface area contributed by atoms with Crippen LogP contribution in [0.3, 0.4) is 0 Å². The molecule has 0 bridgehead atoms. The summed E-state index contributed by atoms with van der Waals surface area (Å²) >= 11 is 1.11. The molecule has 0 radical (unpaired) electrons. The summed E-state index contributed by atoms with van der Waals surface area (Å²) in [5.41, 5.74) is -1.15. The monoisotopic (exact) mass is 529 g/mol. The molecule has 2 fully saturated rings. The van der Waals surface area contributed by atoms with Crippen LogP contribution < -0.4 is 15.2 Å². The molecule has 1 aromatic carbocycles. The second kappa shape index (κ2) is 8.06. The minimum Gasteiger partial charge on any atom is -0.491 e. The number of methoxy groups -OCH3 is 1. The van der Waals surface area contributed by atoms with Gasteiger partial charge < -0.3 is 14.7 Å². The van der Waals surface area contributed by atoms with Gasteiger partial charge in [-0.25, -0.2) is 8.78 Å². The molecule has 3 atom stereocenters. The van der Waals surface area contributed by atoms with Gasteiger partial charge in [0, 0.05) is 38.2 Å². The second-order valence-electron chi connectivity index (χ2n) is 9.97. The number of nitrogens with zero attached hydrogens (tertiary/aromatic N) is 5. The van der Waals surface area contributed by atoms with Crippen LogP contribution >= 0.6 is 11.3 Å². The smallest absolute Gasteiger partial charge is 0.278 e. The first kappa shape index (κ1) is 24.0. The quantitative estimate of drug-likeness (QED) is 0.542. The predicted molar refractivity (Wildman–Crippen MR) is 131 cm³/mol. The molecule has 2 aliphatic carbocycles. The Morgan fingerprint density at radius 1 is 1.24 bits per heavy atom. The molecule has 1 aliphatic heterocycles. The zero-order valence-electron chi connectivity index (χ0n) is 20.5. The van der Waals surface area contributed by atoms with Crippen LogP contribution in [0.15, 0.2) is 29.2 Å². The number of carbonyl (C=O) groups excluding carboxylic acids is 1. The molecule has 6 rings (SSSR count). The van der Waals surface area contributed by atoms with Crippen molar-refractivity contribution in [3.05, 3.63) is 62.5 Å². The maximum Gasteiger partial charge on any atom is 0.278 e. The topological polar surface area (TPSA) is 101 Å². The molecule has 194 valence electrons. The highest BCUT2D eigenvalue weighted by atomic mass is 32.1. The van der Waals surface area contributed by atoms with Crippen LogP contribution in [0.5, 0.6) is 5.75 Å². The van der Waals surface area contributed by atoms with Crippen molar-refractivity contribution in [1.29, 1.82) is 0 Å². The van der Waals surface area contributed by atoms with E-state index in [0.29, 0.717) is 17.3 Å². The van der Waals surface area contributed by atoms with Crippen LogP contribution in [0.1, 0.15) is 40.3 Å². The summed E-state index contributed by atoms with van der Waals surface area (Å²) in [4.78, 5) is 28.8. The first-order valence-corrected chi connectivity index (χ1v) is 12.7. The Labute approximate surface area is 214 Å². The third-order valence-corrected chi connectivity index (χ3v) is 9.43. The van der Waals surface area contributed by atoms with Gasteiger partial charge in [-0.1, -0.05) is 17.4 Å². The van der Waals surface area contributed by atoms with E-state index in [9.17, 15) is 23.5 Å². The zero-order chi connectivity index (χ0) is 26.3. The lowest BCUT2D eigenvalue weighted by Gasteiger charge is -2.55. The summed E-state index contributed by atoms with van der Waals surface area (Å²) in [6, 6.07) is 3.33. The number of aromatic nitrogens is 3. The van der Waals surface area contributed by atoms with E-state index in [1.165, 1.54) is 19.2 Å². The van der Waals surface area contributed by atoms with Gasteiger partial charge in [-0.3, -0.25) is 19.3 Å². The standard InChI is InChI=1S/C25H25F2N5O4S/c1-30-23(35)19-21(36-3)20(34)16(11-32(19)31(2)25(30)7-6-14-10-24(14,25)12-33)22-29-28-18(37-22)8-13-4-5-15(26)9-17(13)27/h4-5,9,11,14,33H,6-8,10,12H2,1-3H3/t14-,24-,25?/m1/s1. The minimum absolute atomic E-state index is 0.0428. The number of carbonyl (C=O) groups is 1. The SMILES string of the molecule is COc1c2n(cc(-c3nnc(Cc4ccc(F)cc4F)s3)c1=O)N(C)C1(CC[C@@H]3C[C@@]31CO)N(C)C2=O. The summed E-state index contributed by atoms with van der Waals surface area (Å²) in [5, 5.41) is 21.3. The van der Waals surface area contributed by atoms with Gasteiger partial charge in [0.2, 0.25) is 5.43 Å². The Morgan fingerprint density at radius 2 is 2.03 bits per heavy atom. The van der Waals surface area contributed by atoms with Gasteiger partial charge in [0.1, 0.15) is 22.3 Å². The van der Waals surface area contributed by atoms with E-state index in [1.807, 2.05) is 12.1 Å². The lowest BCUT2D eigenvalue weighted by Crippen LogP contribution is -2.71. The van der Waals surface area contributed by atoms with Gasteiger partial charge in [0.25, 0.3) is 5.91 Å². The Hall–Kier alpha value is -3.38. The summed E-state index contributed by atoms with van der Waals surface area (Å²) in [7, 11) is 4.90. The van der Waals surface area contributed by atoms with Gasteiger partial charge >= 0.3 is 0 Å². The van der Waals surface area contributed by atoms with E-state index in [2.05, 4.69) is 10.2 Å². The van der Waals surface area contributed by atoms with Crippen LogP contribution in [-0.4, -0.2) is 64.3 Å². The summed E-state index contributed by atoms with van der Waals surface area (Å²) in [6.45, 7) is -0.0428. The Morgan fingerprint density at radius 3 is 2.70 bits per heavy atom. The van der Waals surface area contributed by atoms with Crippen molar-refractivity contribution in [3.63, 3.8) is 0 Å². The van der Waals surface area contributed by atoms with Crippen LogP contribution in [0.2, 0.25) is 0 Å². The number of hydrogen-bond donors (Lipinski definition) is 1. The highest BCUT2D eigenvalue weighted by Crippen LogP contribution is 2.70. The first-order chi connectivity index (χ1) is 17.7. The zero-order valence-corrected chi connectivity index (χ0v) is 21.3. The molecule has 1 spiro atoms. The molecule has 12 heteroatoms. The number of aliphatic hydroxyl groups is 1. The van der Waals surface area contributed by atoms with Crippen molar-refractivity contribution < 1.29 is 23.4 Å². The van der Waals surface area contributed by atoms with Crippen molar-refractivity contribution in [2.75, 3.05) is 32.8 Å². The third-order valence-electron chi connectivity index (χ3n) is 8.48. The fourth-order valence-corrected chi connectivity index (χ4v) is 7.39. The molecule has 1 unspecified atom stereocenters. The molecule has 3 aliphatic rings. The maximum atomic E-state index is 14.2.